The summed E-state index contributed by atoms with van der Waals surface area (Å²) in [6.45, 7) is 1.86. The van der Waals surface area contributed by atoms with E-state index in [0.717, 1.165) is 0 Å². The first kappa shape index (κ1) is 24.2. The van der Waals surface area contributed by atoms with Gasteiger partial charge in [0, 0.05) is 23.7 Å². The van der Waals surface area contributed by atoms with Crippen molar-refractivity contribution in [1.29, 1.82) is 0 Å². The van der Waals surface area contributed by atoms with Gasteiger partial charge < -0.3 is 19.5 Å². The van der Waals surface area contributed by atoms with Crippen LogP contribution in [0.2, 0.25) is 0 Å². The van der Waals surface area contributed by atoms with Gasteiger partial charge in [-0.1, -0.05) is 12.2 Å². The number of ether oxygens (including phenoxy) is 3. The number of rotatable bonds is 8. The highest BCUT2D eigenvalue weighted by Gasteiger charge is 2.36. The molecule has 0 aromatic heterocycles. The molecule has 1 aliphatic rings. The highest BCUT2D eigenvalue weighted by atomic mass is 19.1. The lowest BCUT2D eigenvalue weighted by Gasteiger charge is -2.24. The topological polar surface area (TPSA) is 73.9 Å². The average molecular weight is 463 g/mol. The SMILES string of the molecule is CCOC(=O)C(c1cc(OC)ccc1OC)C1C=CC(NC(=O)c2c(F)cc(F)cc2F)C1. The highest BCUT2D eigenvalue weighted by Crippen LogP contribution is 2.40. The summed E-state index contributed by atoms with van der Waals surface area (Å²) < 4.78 is 57.1. The third-order valence-corrected chi connectivity index (χ3v) is 5.41. The van der Waals surface area contributed by atoms with E-state index in [2.05, 4.69) is 5.32 Å². The van der Waals surface area contributed by atoms with Gasteiger partial charge in [-0.25, -0.2) is 13.2 Å². The highest BCUT2D eigenvalue weighted by molar-refractivity contribution is 5.95. The van der Waals surface area contributed by atoms with Crippen LogP contribution in [0.4, 0.5) is 13.2 Å². The molecule has 0 bridgehead atoms. The van der Waals surface area contributed by atoms with Gasteiger partial charge in [0.05, 0.1) is 26.7 Å². The molecule has 0 aliphatic heterocycles. The van der Waals surface area contributed by atoms with Crippen LogP contribution in [0.5, 0.6) is 11.5 Å². The zero-order valence-electron chi connectivity index (χ0n) is 18.4. The third kappa shape index (κ3) is 5.30. The Morgan fingerprint density at radius 3 is 2.36 bits per heavy atom. The molecule has 0 saturated carbocycles. The van der Waals surface area contributed by atoms with Gasteiger partial charge in [0.2, 0.25) is 0 Å². The summed E-state index contributed by atoms with van der Waals surface area (Å²) in [5, 5.41) is 2.52. The summed E-state index contributed by atoms with van der Waals surface area (Å²) in [4.78, 5) is 25.3. The molecule has 9 heteroatoms. The number of nitrogens with one attached hydrogen (secondary N) is 1. The molecule has 3 rings (SSSR count). The van der Waals surface area contributed by atoms with Gasteiger partial charge in [-0.2, -0.15) is 0 Å². The van der Waals surface area contributed by atoms with Gasteiger partial charge in [0.25, 0.3) is 5.91 Å². The predicted octanol–water partition coefficient (Wildman–Crippen LogP) is 4.14. The standard InChI is InChI=1S/C24H24F3NO5/c1-4-33-24(30)21(17-12-16(31-2)7-8-20(17)32-3)13-5-6-15(9-13)28-23(29)22-18(26)10-14(25)11-19(22)27/h5-8,10-13,15,21H,4,9H2,1-3H3,(H,28,29). The number of benzene rings is 2. The number of esters is 1. The molecule has 1 amide bonds. The molecule has 0 fully saturated rings. The second-order valence-corrected chi connectivity index (χ2v) is 7.45. The maximum atomic E-state index is 14.0. The largest absolute Gasteiger partial charge is 0.497 e. The molecular formula is C24H24F3NO5. The summed E-state index contributed by atoms with van der Waals surface area (Å²) in [5.74, 6) is -5.41. The van der Waals surface area contributed by atoms with Gasteiger partial charge in [-0.3, -0.25) is 9.59 Å². The average Bonchev–Trinajstić information content (AvgIpc) is 3.21. The lowest BCUT2D eigenvalue weighted by atomic mass is 9.84. The lowest BCUT2D eigenvalue weighted by molar-refractivity contribution is -0.146. The first-order valence-corrected chi connectivity index (χ1v) is 10.3. The number of methoxy groups -OCH3 is 2. The fourth-order valence-corrected chi connectivity index (χ4v) is 3.93. The molecular weight excluding hydrogens is 439 g/mol. The van der Waals surface area contributed by atoms with Crippen molar-refractivity contribution >= 4 is 11.9 Å². The van der Waals surface area contributed by atoms with Crippen LogP contribution in [0.1, 0.15) is 35.2 Å². The normalized spacial score (nSPS) is 18.0. The minimum absolute atomic E-state index is 0.168. The maximum Gasteiger partial charge on any atom is 0.314 e. The van der Waals surface area contributed by atoms with Crippen molar-refractivity contribution in [2.24, 2.45) is 5.92 Å². The summed E-state index contributed by atoms with van der Waals surface area (Å²) in [6.07, 6.45) is 3.64. The van der Waals surface area contributed by atoms with Gasteiger partial charge in [-0.15, -0.1) is 0 Å². The monoisotopic (exact) mass is 463 g/mol. The Labute approximate surface area is 189 Å². The zero-order chi connectivity index (χ0) is 24.1. The van der Waals surface area contributed by atoms with Crippen molar-refractivity contribution < 1.29 is 37.0 Å². The quantitative estimate of drug-likeness (QED) is 0.471. The number of carbonyl (C=O) groups is 2. The predicted molar refractivity (Wildman–Crippen MR) is 114 cm³/mol. The van der Waals surface area contributed by atoms with E-state index >= 15 is 0 Å². The van der Waals surface area contributed by atoms with Crippen LogP contribution >= 0.6 is 0 Å². The van der Waals surface area contributed by atoms with Crippen molar-refractivity contribution in [2.45, 2.75) is 25.3 Å². The van der Waals surface area contributed by atoms with Crippen molar-refractivity contribution in [3.8, 4) is 11.5 Å². The van der Waals surface area contributed by atoms with Gasteiger partial charge in [0.15, 0.2) is 0 Å². The van der Waals surface area contributed by atoms with Gasteiger partial charge in [-0.05, 0) is 37.5 Å². The Hall–Kier alpha value is -3.49. The molecule has 1 aliphatic carbocycles. The number of allylic oxidation sites excluding steroid dienone is 1. The maximum absolute atomic E-state index is 14.0. The van der Waals surface area contributed by atoms with E-state index in [1.807, 2.05) is 0 Å². The molecule has 0 radical (unpaired) electrons. The van der Waals surface area contributed by atoms with Crippen LogP contribution in [0.3, 0.4) is 0 Å². The Kier molecular flexibility index (Phi) is 7.63. The molecule has 3 unspecified atom stereocenters. The second kappa shape index (κ2) is 10.4. The molecule has 176 valence electrons. The minimum atomic E-state index is -1.30. The molecule has 2 aromatic carbocycles. The Bertz CT molecular complexity index is 1050. The fraction of sp³-hybridized carbons (Fsp3) is 0.333. The van der Waals surface area contributed by atoms with E-state index in [-0.39, 0.29) is 13.0 Å². The van der Waals surface area contributed by atoms with Crippen molar-refractivity contribution in [3.63, 3.8) is 0 Å². The van der Waals surface area contributed by atoms with E-state index < -0.39 is 52.8 Å². The van der Waals surface area contributed by atoms with Crippen molar-refractivity contribution in [3.05, 3.63) is 71.1 Å². The molecule has 33 heavy (non-hydrogen) atoms. The smallest absolute Gasteiger partial charge is 0.314 e. The van der Waals surface area contributed by atoms with E-state index in [4.69, 9.17) is 14.2 Å². The molecule has 0 spiro atoms. The van der Waals surface area contributed by atoms with Gasteiger partial charge in [0.1, 0.15) is 34.5 Å². The van der Waals surface area contributed by atoms with E-state index in [9.17, 15) is 22.8 Å². The van der Waals surface area contributed by atoms with Crippen LogP contribution < -0.4 is 14.8 Å². The van der Waals surface area contributed by atoms with E-state index in [0.29, 0.717) is 29.2 Å². The Morgan fingerprint density at radius 1 is 1.06 bits per heavy atom. The molecule has 0 saturated heterocycles. The number of hydrogen-bond acceptors (Lipinski definition) is 5. The van der Waals surface area contributed by atoms with Crippen LogP contribution in [0.15, 0.2) is 42.5 Å². The Morgan fingerprint density at radius 2 is 1.76 bits per heavy atom. The molecule has 6 nitrogen and oxygen atoms in total. The summed E-state index contributed by atoms with van der Waals surface area (Å²) in [5.41, 5.74) is -0.322. The van der Waals surface area contributed by atoms with Crippen molar-refractivity contribution in [2.75, 3.05) is 20.8 Å². The first-order chi connectivity index (χ1) is 15.8. The number of halogens is 3. The lowest BCUT2D eigenvalue weighted by Crippen LogP contribution is -2.35. The van der Waals surface area contributed by atoms with Crippen LogP contribution in [0.25, 0.3) is 0 Å². The Balaban J connectivity index is 1.84. The summed E-state index contributed by atoms with van der Waals surface area (Å²) >= 11 is 0. The summed E-state index contributed by atoms with van der Waals surface area (Å²) in [7, 11) is 2.98. The third-order valence-electron chi connectivity index (χ3n) is 5.41. The number of amides is 1. The first-order valence-electron chi connectivity index (χ1n) is 10.3. The van der Waals surface area contributed by atoms with Crippen LogP contribution in [0, 0.1) is 23.4 Å². The van der Waals surface area contributed by atoms with E-state index in [1.165, 1.54) is 14.2 Å². The van der Waals surface area contributed by atoms with E-state index in [1.54, 1.807) is 37.3 Å². The molecule has 2 aromatic rings. The molecule has 3 atom stereocenters. The zero-order valence-corrected chi connectivity index (χ0v) is 18.4. The number of carbonyl (C=O) groups excluding carboxylic acids is 2. The van der Waals surface area contributed by atoms with Crippen LogP contribution in [-0.2, 0) is 9.53 Å². The molecule has 1 N–H and O–H groups in total. The minimum Gasteiger partial charge on any atom is -0.497 e. The summed E-state index contributed by atoms with van der Waals surface area (Å²) in [6, 6.07) is 5.33. The molecule has 0 heterocycles. The second-order valence-electron chi connectivity index (χ2n) is 7.45. The number of hydrogen-bond donors (Lipinski definition) is 1. The van der Waals surface area contributed by atoms with Gasteiger partial charge >= 0.3 is 5.97 Å². The van der Waals surface area contributed by atoms with Crippen molar-refractivity contribution in [1.82, 2.24) is 5.32 Å². The fourth-order valence-electron chi connectivity index (χ4n) is 3.93. The van der Waals surface area contributed by atoms with Crippen LogP contribution in [-0.4, -0.2) is 38.7 Å².